The molecule has 37 heavy (non-hydrogen) atoms. The van der Waals surface area contributed by atoms with Crippen LogP contribution in [0.15, 0.2) is 36.4 Å². The molecule has 2 heterocycles. The molecular weight excluding hydrogens is 494 g/mol. The summed E-state index contributed by atoms with van der Waals surface area (Å²) in [6, 6.07) is 9.79. The lowest BCUT2D eigenvalue weighted by Gasteiger charge is -2.39. The number of anilines is 3. The van der Waals surface area contributed by atoms with Crippen molar-refractivity contribution < 1.29 is 14.5 Å². The van der Waals surface area contributed by atoms with E-state index < -0.39 is 16.2 Å². The molecule has 0 radical (unpaired) electrons. The molecular formula is C27H34ClN5O4. The van der Waals surface area contributed by atoms with Crippen molar-refractivity contribution in [2.75, 3.05) is 54.4 Å². The monoisotopic (exact) mass is 527 g/mol. The molecule has 2 aromatic rings. The van der Waals surface area contributed by atoms with E-state index in [0.717, 1.165) is 38.0 Å². The van der Waals surface area contributed by atoms with Crippen LogP contribution in [0, 0.1) is 15.5 Å². The molecule has 10 heteroatoms. The van der Waals surface area contributed by atoms with Gasteiger partial charge in [0.05, 0.1) is 26.9 Å². The fourth-order valence-corrected chi connectivity index (χ4v) is 5.19. The molecule has 2 aliphatic rings. The number of nitro benzene ring substituents is 1. The number of hydrogen-bond acceptors (Lipinski definition) is 6. The largest absolute Gasteiger partial charge is 0.371 e. The van der Waals surface area contributed by atoms with Crippen molar-refractivity contribution in [1.29, 1.82) is 0 Å². The first kappa shape index (κ1) is 26.7. The number of carbonyl (C=O) groups is 2. The van der Waals surface area contributed by atoms with Crippen molar-refractivity contribution in [1.82, 2.24) is 4.90 Å². The smallest absolute Gasteiger partial charge is 0.270 e. The zero-order valence-corrected chi connectivity index (χ0v) is 22.4. The molecule has 2 aliphatic heterocycles. The van der Waals surface area contributed by atoms with E-state index in [1.807, 2.05) is 31.7 Å². The predicted octanol–water partition coefficient (Wildman–Crippen LogP) is 5.19. The molecule has 2 amide bonds. The maximum atomic E-state index is 13.3. The van der Waals surface area contributed by atoms with Crippen LogP contribution in [-0.4, -0.2) is 60.9 Å². The Balaban J connectivity index is 1.48. The molecule has 0 bridgehead atoms. The molecule has 9 nitrogen and oxygen atoms in total. The van der Waals surface area contributed by atoms with Gasteiger partial charge in [0.1, 0.15) is 0 Å². The highest BCUT2D eigenvalue weighted by Crippen LogP contribution is 2.32. The number of nitrogens with one attached hydrogen (secondary N) is 1. The van der Waals surface area contributed by atoms with Crippen LogP contribution in [0.4, 0.5) is 22.7 Å². The number of piperazine rings is 1. The first-order valence-corrected chi connectivity index (χ1v) is 13.1. The molecule has 2 fully saturated rings. The number of nitro groups is 1. The summed E-state index contributed by atoms with van der Waals surface area (Å²) in [6.07, 6.45) is 3.18. The van der Waals surface area contributed by atoms with Gasteiger partial charge >= 0.3 is 0 Å². The summed E-state index contributed by atoms with van der Waals surface area (Å²) >= 11 is 6.61. The van der Waals surface area contributed by atoms with Gasteiger partial charge in [-0.05, 0) is 43.5 Å². The number of non-ortho nitro benzene ring substituents is 1. The molecule has 198 valence electrons. The Bertz CT molecular complexity index is 1180. The van der Waals surface area contributed by atoms with Gasteiger partial charge in [-0.15, -0.1) is 0 Å². The molecule has 0 spiro atoms. The number of carbonyl (C=O) groups excluding carboxylic acids is 2. The lowest BCUT2D eigenvalue weighted by molar-refractivity contribution is -0.384. The van der Waals surface area contributed by atoms with Gasteiger partial charge in [0.2, 0.25) is 5.91 Å². The first-order valence-electron chi connectivity index (χ1n) is 12.7. The van der Waals surface area contributed by atoms with Crippen molar-refractivity contribution in [3.63, 3.8) is 0 Å². The predicted molar refractivity (Wildman–Crippen MR) is 147 cm³/mol. The molecule has 1 N–H and O–H groups in total. The Morgan fingerprint density at radius 2 is 1.51 bits per heavy atom. The first-order chi connectivity index (χ1) is 17.5. The lowest BCUT2D eigenvalue weighted by atomic mass is 9.94. The van der Waals surface area contributed by atoms with Gasteiger partial charge in [0.15, 0.2) is 0 Å². The molecule has 0 aromatic heterocycles. The van der Waals surface area contributed by atoms with E-state index >= 15 is 0 Å². The van der Waals surface area contributed by atoms with E-state index in [0.29, 0.717) is 42.6 Å². The van der Waals surface area contributed by atoms with Crippen molar-refractivity contribution >= 4 is 46.2 Å². The summed E-state index contributed by atoms with van der Waals surface area (Å²) in [5, 5.41) is 14.7. The van der Waals surface area contributed by atoms with Crippen molar-refractivity contribution in [3.05, 3.63) is 57.1 Å². The summed E-state index contributed by atoms with van der Waals surface area (Å²) in [7, 11) is 0. The molecule has 0 saturated carbocycles. The van der Waals surface area contributed by atoms with Crippen LogP contribution < -0.4 is 15.1 Å². The molecule has 0 atom stereocenters. The molecule has 2 saturated heterocycles. The lowest BCUT2D eigenvalue weighted by Crippen LogP contribution is -2.51. The minimum atomic E-state index is -0.489. The van der Waals surface area contributed by atoms with Gasteiger partial charge < -0.3 is 20.0 Å². The average molecular weight is 528 g/mol. The van der Waals surface area contributed by atoms with E-state index in [9.17, 15) is 19.7 Å². The van der Waals surface area contributed by atoms with Crippen LogP contribution in [-0.2, 0) is 4.79 Å². The number of hydrogen-bond donors (Lipinski definition) is 1. The minimum absolute atomic E-state index is 0.122. The Morgan fingerprint density at radius 1 is 0.892 bits per heavy atom. The number of halogens is 1. The Hall–Kier alpha value is -3.33. The zero-order valence-electron chi connectivity index (χ0n) is 21.6. The van der Waals surface area contributed by atoms with E-state index in [-0.39, 0.29) is 17.2 Å². The highest BCUT2D eigenvalue weighted by atomic mass is 35.5. The van der Waals surface area contributed by atoms with E-state index in [1.54, 1.807) is 18.2 Å². The highest BCUT2D eigenvalue weighted by molar-refractivity contribution is 6.33. The number of rotatable bonds is 5. The molecule has 2 aromatic carbocycles. The van der Waals surface area contributed by atoms with Gasteiger partial charge in [-0.25, -0.2) is 0 Å². The number of piperidine rings is 1. The van der Waals surface area contributed by atoms with Crippen molar-refractivity contribution in [2.24, 2.45) is 5.41 Å². The second kappa shape index (κ2) is 11.0. The third-order valence-electron chi connectivity index (χ3n) is 6.89. The van der Waals surface area contributed by atoms with E-state index in [1.165, 1.54) is 12.1 Å². The second-order valence-corrected chi connectivity index (χ2v) is 11.1. The van der Waals surface area contributed by atoms with E-state index in [4.69, 9.17) is 11.6 Å². The molecule has 0 unspecified atom stereocenters. The highest BCUT2D eigenvalue weighted by Gasteiger charge is 2.30. The van der Waals surface area contributed by atoms with Crippen LogP contribution in [0.1, 0.15) is 50.4 Å². The fourth-order valence-electron chi connectivity index (χ4n) is 4.89. The van der Waals surface area contributed by atoms with E-state index in [2.05, 4.69) is 15.1 Å². The SMILES string of the molecule is CC(C)(C)C(=O)N1CCN(c2ccc(NC(=O)c3cc([N+](=O)[O-])ccc3N3CCCCC3)cc2Cl)CC1. The van der Waals surface area contributed by atoms with Gasteiger partial charge in [-0.3, -0.25) is 19.7 Å². The molecule has 0 aliphatic carbocycles. The minimum Gasteiger partial charge on any atom is -0.371 e. The zero-order chi connectivity index (χ0) is 26.7. The summed E-state index contributed by atoms with van der Waals surface area (Å²) in [6.45, 7) is 9.98. The summed E-state index contributed by atoms with van der Waals surface area (Å²) in [5.41, 5.74) is 1.79. The number of amides is 2. The quantitative estimate of drug-likeness (QED) is 0.424. The Morgan fingerprint density at radius 3 is 2.11 bits per heavy atom. The maximum Gasteiger partial charge on any atom is 0.270 e. The normalized spacial score (nSPS) is 16.5. The van der Waals surface area contributed by atoms with Crippen LogP contribution in [0.25, 0.3) is 0 Å². The summed E-state index contributed by atoms with van der Waals surface area (Å²) in [4.78, 5) is 42.9. The third kappa shape index (κ3) is 6.15. The topological polar surface area (TPSA) is 99.0 Å². The van der Waals surface area contributed by atoms with Gasteiger partial charge in [-0.1, -0.05) is 32.4 Å². The number of benzene rings is 2. The average Bonchev–Trinajstić information content (AvgIpc) is 2.88. The molecule has 4 rings (SSSR count). The summed E-state index contributed by atoms with van der Waals surface area (Å²) < 4.78 is 0. The fraction of sp³-hybridized carbons (Fsp3) is 0.481. The van der Waals surface area contributed by atoms with Crippen LogP contribution in [0.2, 0.25) is 5.02 Å². The van der Waals surface area contributed by atoms with Crippen LogP contribution in [0.5, 0.6) is 0 Å². The standard InChI is InChI=1S/C27H34ClN5O4/c1-27(2,3)26(35)32-15-13-31(14-16-32)24-9-7-19(17-22(24)28)29-25(34)21-18-20(33(36)37)8-10-23(21)30-11-5-4-6-12-30/h7-10,17-18H,4-6,11-16H2,1-3H3,(H,29,34). The summed E-state index contributed by atoms with van der Waals surface area (Å²) in [5.74, 6) is -0.274. The van der Waals surface area contributed by atoms with Gasteiger partial charge in [-0.2, -0.15) is 0 Å². The van der Waals surface area contributed by atoms with Crippen LogP contribution in [0.3, 0.4) is 0 Å². The van der Waals surface area contributed by atoms with Crippen molar-refractivity contribution in [2.45, 2.75) is 40.0 Å². The second-order valence-electron chi connectivity index (χ2n) is 10.7. The van der Waals surface area contributed by atoms with Crippen LogP contribution >= 0.6 is 11.6 Å². The van der Waals surface area contributed by atoms with Crippen molar-refractivity contribution in [3.8, 4) is 0 Å². The maximum absolute atomic E-state index is 13.3. The third-order valence-corrected chi connectivity index (χ3v) is 7.19. The Kier molecular flexibility index (Phi) is 7.92. The number of nitrogens with zero attached hydrogens (tertiary/aromatic N) is 4. The Labute approximate surface area is 222 Å². The van der Waals surface area contributed by atoms with Gasteiger partial charge in [0.25, 0.3) is 11.6 Å². The van der Waals surface area contributed by atoms with Gasteiger partial charge in [0, 0.05) is 62.5 Å².